The molecule has 0 bridgehead atoms. The Hall–Kier alpha value is -2.38. The van der Waals surface area contributed by atoms with Gasteiger partial charge >= 0.3 is 0 Å². The van der Waals surface area contributed by atoms with Gasteiger partial charge in [0.15, 0.2) is 0 Å². The first-order valence-electron chi connectivity index (χ1n) is 11.0. The van der Waals surface area contributed by atoms with Crippen LogP contribution < -0.4 is 4.90 Å². The van der Waals surface area contributed by atoms with Gasteiger partial charge in [0.25, 0.3) is 0 Å². The smallest absolute Gasteiger partial charge is 0.232 e. The van der Waals surface area contributed by atoms with Crippen molar-refractivity contribution in [1.82, 2.24) is 15.0 Å². The van der Waals surface area contributed by atoms with Crippen molar-refractivity contribution in [1.29, 1.82) is 0 Å². The second kappa shape index (κ2) is 11.1. The number of morpholine rings is 1. The Balaban J connectivity index is 1.87. The zero-order chi connectivity index (χ0) is 21.3. The Morgan fingerprint density at radius 1 is 1.10 bits per heavy atom. The van der Waals surface area contributed by atoms with Crippen LogP contribution in [-0.2, 0) is 16.1 Å². The molecule has 0 radical (unpaired) electrons. The third-order valence-electron chi connectivity index (χ3n) is 5.66. The first kappa shape index (κ1) is 22.3. The molecule has 1 aromatic carbocycles. The summed E-state index contributed by atoms with van der Waals surface area (Å²) in [6, 6.07) is 10.1. The van der Waals surface area contributed by atoms with E-state index >= 15 is 0 Å². The van der Waals surface area contributed by atoms with E-state index in [9.17, 15) is 4.79 Å². The molecule has 164 valence electrons. The number of amides is 1. The van der Waals surface area contributed by atoms with Crippen molar-refractivity contribution >= 4 is 11.8 Å². The van der Waals surface area contributed by atoms with Gasteiger partial charge in [0.2, 0.25) is 11.8 Å². The number of hydrogen-bond donors (Lipinski definition) is 0. The number of benzene rings is 1. The standard InChI is InChI=1S/C23H34N4O3/c1-4-21(28)27(13-12-25-14-16-29-17-15-25)18-20-22(19-10-8-7-9-11-19)24-30-23(20)26(5-2)6-3/h7-11H,4-6,12-18H2,1-3H3. The molecule has 1 saturated heterocycles. The van der Waals surface area contributed by atoms with Crippen molar-refractivity contribution in [3.05, 3.63) is 35.9 Å². The Kier molecular flexibility index (Phi) is 8.28. The summed E-state index contributed by atoms with van der Waals surface area (Å²) in [6.07, 6.45) is 0.482. The van der Waals surface area contributed by atoms with E-state index in [4.69, 9.17) is 9.26 Å². The largest absolute Gasteiger partial charge is 0.379 e. The van der Waals surface area contributed by atoms with Gasteiger partial charge in [-0.05, 0) is 13.8 Å². The maximum absolute atomic E-state index is 12.8. The van der Waals surface area contributed by atoms with Crippen LogP contribution in [0, 0.1) is 0 Å². The summed E-state index contributed by atoms with van der Waals surface area (Å²) < 4.78 is 11.3. The fourth-order valence-corrected chi connectivity index (χ4v) is 3.82. The van der Waals surface area contributed by atoms with Gasteiger partial charge in [-0.3, -0.25) is 9.69 Å². The molecule has 1 fully saturated rings. The zero-order valence-corrected chi connectivity index (χ0v) is 18.5. The number of carbonyl (C=O) groups excluding carboxylic acids is 1. The molecule has 1 aliphatic heterocycles. The third-order valence-corrected chi connectivity index (χ3v) is 5.66. The number of anilines is 1. The summed E-state index contributed by atoms with van der Waals surface area (Å²) >= 11 is 0. The van der Waals surface area contributed by atoms with Gasteiger partial charge in [-0.25, -0.2) is 0 Å². The van der Waals surface area contributed by atoms with E-state index in [0.29, 0.717) is 19.5 Å². The number of carbonyl (C=O) groups is 1. The molecule has 0 spiro atoms. The summed E-state index contributed by atoms with van der Waals surface area (Å²) in [7, 11) is 0. The van der Waals surface area contributed by atoms with Gasteiger partial charge in [0, 0.05) is 51.3 Å². The molecule has 30 heavy (non-hydrogen) atoms. The maximum atomic E-state index is 12.8. The van der Waals surface area contributed by atoms with Crippen LogP contribution in [0.5, 0.6) is 0 Å². The Morgan fingerprint density at radius 3 is 2.43 bits per heavy atom. The molecule has 1 aromatic heterocycles. The van der Waals surface area contributed by atoms with Crippen LogP contribution in [0.2, 0.25) is 0 Å². The average Bonchev–Trinajstić information content (AvgIpc) is 3.21. The quantitative estimate of drug-likeness (QED) is 0.595. The first-order valence-corrected chi connectivity index (χ1v) is 11.0. The lowest BCUT2D eigenvalue weighted by atomic mass is 10.1. The molecule has 7 heteroatoms. The van der Waals surface area contributed by atoms with Gasteiger partial charge in [-0.15, -0.1) is 0 Å². The molecule has 0 atom stereocenters. The second-order valence-corrected chi connectivity index (χ2v) is 7.48. The zero-order valence-electron chi connectivity index (χ0n) is 18.5. The minimum Gasteiger partial charge on any atom is -0.379 e. The molecule has 7 nitrogen and oxygen atoms in total. The lowest BCUT2D eigenvalue weighted by molar-refractivity contribution is -0.131. The Bertz CT molecular complexity index is 783. The molecule has 0 aliphatic carbocycles. The van der Waals surface area contributed by atoms with Crippen molar-refractivity contribution in [3.63, 3.8) is 0 Å². The van der Waals surface area contributed by atoms with Crippen LogP contribution in [0.1, 0.15) is 32.8 Å². The highest BCUT2D eigenvalue weighted by Crippen LogP contribution is 2.32. The molecule has 0 unspecified atom stereocenters. The summed E-state index contributed by atoms with van der Waals surface area (Å²) in [5.74, 6) is 0.910. The Labute approximate surface area is 179 Å². The molecule has 1 amide bonds. The average molecular weight is 415 g/mol. The molecule has 2 aromatic rings. The summed E-state index contributed by atoms with van der Waals surface area (Å²) in [4.78, 5) is 19.3. The monoisotopic (exact) mass is 414 g/mol. The molecular weight excluding hydrogens is 380 g/mol. The lowest BCUT2D eigenvalue weighted by Crippen LogP contribution is -2.42. The molecule has 0 N–H and O–H groups in total. The van der Waals surface area contributed by atoms with Crippen molar-refractivity contribution in [2.24, 2.45) is 0 Å². The van der Waals surface area contributed by atoms with Crippen molar-refractivity contribution in [2.75, 3.05) is 57.4 Å². The topological polar surface area (TPSA) is 62.1 Å². The fourth-order valence-electron chi connectivity index (χ4n) is 3.82. The first-order chi connectivity index (χ1) is 14.7. The van der Waals surface area contributed by atoms with Gasteiger partial charge < -0.3 is 19.1 Å². The van der Waals surface area contributed by atoms with Crippen LogP contribution >= 0.6 is 0 Å². The van der Waals surface area contributed by atoms with Crippen LogP contribution in [0.3, 0.4) is 0 Å². The van der Waals surface area contributed by atoms with E-state index in [0.717, 1.165) is 68.6 Å². The van der Waals surface area contributed by atoms with Gasteiger partial charge in [0.1, 0.15) is 5.69 Å². The Morgan fingerprint density at radius 2 is 1.80 bits per heavy atom. The second-order valence-electron chi connectivity index (χ2n) is 7.48. The predicted molar refractivity (Wildman–Crippen MR) is 118 cm³/mol. The number of rotatable bonds is 10. The molecule has 0 saturated carbocycles. The van der Waals surface area contributed by atoms with Crippen LogP contribution in [0.15, 0.2) is 34.9 Å². The minimum absolute atomic E-state index is 0.147. The third kappa shape index (κ3) is 5.40. The number of ether oxygens (including phenoxy) is 1. The van der Waals surface area contributed by atoms with Crippen LogP contribution in [-0.4, -0.2) is 73.3 Å². The van der Waals surface area contributed by atoms with Crippen molar-refractivity contribution in [3.8, 4) is 11.3 Å². The molecular formula is C23H34N4O3. The minimum atomic E-state index is 0.147. The summed E-state index contributed by atoms with van der Waals surface area (Å²) in [6.45, 7) is 13.2. The van der Waals surface area contributed by atoms with E-state index < -0.39 is 0 Å². The van der Waals surface area contributed by atoms with Gasteiger partial charge in [-0.1, -0.05) is 42.4 Å². The molecule has 3 rings (SSSR count). The SMILES string of the molecule is CCC(=O)N(CCN1CCOCC1)Cc1c(-c2ccccc2)noc1N(CC)CC. The lowest BCUT2D eigenvalue weighted by Gasteiger charge is -2.30. The maximum Gasteiger partial charge on any atom is 0.232 e. The molecule has 2 heterocycles. The van der Waals surface area contributed by atoms with Gasteiger partial charge in [-0.2, -0.15) is 0 Å². The van der Waals surface area contributed by atoms with E-state index in [-0.39, 0.29) is 5.91 Å². The van der Waals surface area contributed by atoms with E-state index in [1.165, 1.54) is 0 Å². The summed E-state index contributed by atoms with van der Waals surface area (Å²) in [5.41, 5.74) is 2.80. The molecule has 1 aliphatic rings. The van der Waals surface area contributed by atoms with E-state index in [1.54, 1.807) is 0 Å². The number of nitrogens with zero attached hydrogens (tertiary/aromatic N) is 4. The highest BCUT2D eigenvalue weighted by atomic mass is 16.5. The summed E-state index contributed by atoms with van der Waals surface area (Å²) in [5, 5.41) is 4.41. The van der Waals surface area contributed by atoms with Crippen LogP contribution in [0.4, 0.5) is 5.88 Å². The van der Waals surface area contributed by atoms with Crippen molar-refractivity contribution in [2.45, 2.75) is 33.7 Å². The van der Waals surface area contributed by atoms with E-state index in [2.05, 4.69) is 28.8 Å². The highest BCUT2D eigenvalue weighted by Gasteiger charge is 2.25. The number of aromatic nitrogens is 1. The fraction of sp³-hybridized carbons (Fsp3) is 0.565. The van der Waals surface area contributed by atoms with Crippen LogP contribution in [0.25, 0.3) is 11.3 Å². The number of hydrogen-bond acceptors (Lipinski definition) is 6. The highest BCUT2D eigenvalue weighted by molar-refractivity contribution is 5.77. The van der Waals surface area contributed by atoms with Crippen molar-refractivity contribution < 1.29 is 14.1 Å². The predicted octanol–water partition coefficient (Wildman–Crippen LogP) is 3.26. The normalized spacial score (nSPS) is 14.6. The van der Waals surface area contributed by atoms with E-state index in [1.807, 2.05) is 42.2 Å². The van der Waals surface area contributed by atoms with Gasteiger partial charge in [0.05, 0.1) is 25.3 Å².